The molecule has 0 spiro atoms. The van der Waals surface area contributed by atoms with Gasteiger partial charge in [-0.15, -0.1) is 0 Å². The molecule has 0 aromatic carbocycles. The predicted molar refractivity (Wildman–Crippen MR) is 55.9 cm³/mol. The largest absolute Gasteiger partial charge is 0.336 e. The van der Waals surface area contributed by atoms with Gasteiger partial charge in [-0.2, -0.15) is 0 Å². The zero-order valence-electron chi connectivity index (χ0n) is 8.73. The van der Waals surface area contributed by atoms with E-state index in [-0.39, 0.29) is 0 Å². The molecule has 0 fully saturated rings. The first-order valence-electron chi connectivity index (χ1n) is 4.23. The molecule has 0 aromatic rings. The van der Waals surface area contributed by atoms with E-state index in [1.165, 1.54) is 0 Å². The molecule has 0 aromatic heterocycles. The Bertz CT molecular complexity index is 148. The molecule has 1 nitrogen and oxygen atoms in total. The molecule has 0 rings (SSSR count). The van der Waals surface area contributed by atoms with Crippen molar-refractivity contribution < 1.29 is 0 Å². The van der Waals surface area contributed by atoms with Crippen molar-refractivity contribution in [2.24, 2.45) is 10.6 Å². The first kappa shape index (κ1) is 10.9. The number of hydrogen-bond acceptors (Lipinski definition) is 1. The van der Waals surface area contributed by atoms with Crippen molar-refractivity contribution in [3.63, 3.8) is 0 Å². The summed E-state index contributed by atoms with van der Waals surface area (Å²) in [5.41, 5.74) is 0. The fourth-order valence-electron chi connectivity index (χ4n) is 0.910. The van der Waals surface area contributed by atoms with Crippen LogP contribution >= 0.6 is 0 Å². The molecule has 0 amide bonds. The topological polar surface area (TPSA) is 12.4 Å². The van der Waals surface area contributed by atoms with E-state index in [2.05, 4.69) is 52.2 Å². The average Bonchev–Trinajstić information content (AvgIpc) is 1.87. The molecular weight excluding hydrogens is 150 g/mol. The Hall–Kier alpha value is -0.113. The second kappa shape index (κ2) is 3.09. The average molecular weight is 171 g/mol. The normalized spacial score (nSPS) is 13.7. The third-order valence-corrected chi connectivity index (χ3v) is 7.94. The van der Waals surface area contributed by atoms with Crippen LogP contribution in [0.25, 0.3) is 0 Å². The maximum atomic E-state index is 4.30. The summed E-state index contributed by atoms with van der Waals surface area (Å²) in [6.45, 7) is 17.4. The van der Waals surface area contributed by atoms with Gasteiger partial charge in [0.1, 0.15) is 0 Å². The van der Waals surface area contributed by atoms with Gasteiger partial charge in [-0.3, -0.25) is 0 Å². The van der Waals surface area contributed by atoms with E-state index in [1.807, 2.05) is 0 Å². The van der Waals surface area contributed by atoms with Gasteiger partial charge in [0.25, 0.3) is 0 Å². The molecule has 0 aliphatic heterocycles. The van der Waals surface area contributed by atoms with Gasteiger partial charge in [-0.1, -0.05) is 27.7 Å². The van der Waals surface area contributed by atoms with Gasteiger partial charge in [0.05, 0.1) is 0 Å². The molecule has 0 unspecified atom stereocenters. The van der Waals surface area contributed by atoms with Crippen molar-refractivity contribution in [3.05, 3.63) is 0 Å². The summed E-state index contributed by atoms with van der Waals surface area (Å²) in [5, 5.41) is 0.356. The van der Waals surface area contributed by atoms with E-state index in [0.717, 1.165) is 0 Å². The lowest BCUT2D eigenvalue weighted by atomic mass is 9.99. The Balaban J connectivity index is 4.66. The molecule has 0 N–H and O–H groups in total. The number of nitrogens with zero attached hydrogens (tertiary/aromatic N) is 1. The van der Waals surface area contributed by atoms with Crippen LogP contribution < -0.4 is 0 Å². The Kier molecular flexibility index (Phi) is 3.06. The zero-order valence-corrected chi connectivity index (χ0v) is 9.73. The predicted octanol–water partition coefficient (Wildman–Crippen LogP) is 3.33. The highest BCUT2D eigenvalue weighted by Crippen LogP contribution is 2.44. The minimum absolute atomic E-state index is 0.356. The van der Waals surface area contributed by atoms with E-state index in [1.54, 1.807) is 0 Å². The molecule has 0 saturated carbocycles. The van der Waals surface area contributed by atoms with Gasteiger partial charge in [0, 0.05) is 0 Å². The van der Waals surface area contributed by atoms with Crippen LogP contribution in [0.5, 0.6) is 0 Å². The minimum atomic E-state index is -1.45. The lowest BCUT2D eigenvalue weighted by molar-refractivity contribution is 0.458. The van der Waals surface area contributed by atoms with Crippen LogP contribution in [0.4, 0.5) is 0 Å². The summed E-state index contributed by atoms with van der Waals surface area (Å²) in [5.74, 6) is 0.690. The summed E-state index contributed by atoms with van der Waals surface area (Å²) in [4.78, 5) is 0. The highest BCUT2D eigenvalue weighted by molar-refractivity contribution is 6.79. The lowest BCUT2D eigenvalue weighted by Crippen LogP contribution is -2.40. The smallest absolute Gasteiger partial charge is 0.180 e. The zero-order chi connectivity index (χ0) is 9.28. The van der Waals surface area contributed by atoms with Gasteiger partial charge in [-0.05, 0) is 30.8 Å². The first-order valence-corrected chi connectivity index (χ1v) is 7.18. The third-order valence-electron chi connectivity index (χ3n) is 3.42. The molecule has 2 heteroatoms. The van der Waals surface area contributed by atoms with Gasteiger partial charge in [0.2, 0.25) is 0 Å². The molecule has 0 saturated heterocycles. The van der Waals surface area contributed by atoms with Crippen molar-refractivity contribution in [3.8, 4) is 0 Å². The highest BCUT2D eigenvalue weighted by Gasteiger charge is 2.40. The Labute approximate surface area is 72.0 Å². The van der Waals surface area contributed by atoms with E-state index >= 15 is 0 Å². The number of hydrogen-bond donors (Lipinski definition) is 0. The standard InChI is InChI=1S/C9H21NSi/c1-8(2)9(3,4)11(6,7)10-5/h8H,5H2,1-4,6-7H3. The van der Waals surface area contributed by atoms with E-state index in [4.69, 9.17) is 0 Å². The van der Waals surface area contributed by atoms with Gasteiger partial charge in [0.15, 0.2) is 8.24 Å². The summed E-state index contributed by atoms with van der Waals surface area (Å²) in [6, 6.07) is 0. The second-order valence-corrected chi connectivity index (χ2v) is 9.32. The molecule has 0 aliphatic carbocycles. The fraction of sp³-hybridized carbons (Fsp3) is 0.889. The van der Waals surface area contributed by atoms with Crippen LogP contribution in [-0.2, 0) is 0 Å². The maximum Gasteiger partial charge on any atom is 0.180 e. The lowest BCUT2D eigenvalue weighted by Gasteiger charge is -2.39. The maximum absolute atomic E-state index is 4.30. The molecule has 11 heavy (non-hydrogen) atoms. The molecule has 0 heterocycles. The van der Waals surface area contributed by atoms with Crippen molar-refractivity contribution >= 4 is 15.0 Å². The fourth-order valence-corrected chi connectivity index (χ4v) is 2.73. The van der Waals surface area contributed by atoms with Crippen LogP contribution in [0.15, 0.2) is 4.66 Å². The van der Waals surface area contributed by atoms with E-state index in [9.17, 15) is 0 Å². The van der Waals surface area contributed by atoms with Crippen LogP contribution in [0.3, 0.4) is 0 Å². The minimum Gasteiger partial charge on any atom is -0.336 e. The SMILES string of the molecule is C=N[Si](C)(C)C(C)(C)C(C)C. The van der Waals surface area contributed by atoms with E-state index in [0.29, 0.717) is 11.0 Å². The summed E-state index contributed by atoms with van der Waals surface area (Å²) in [7, 11) is -1.45. The molecule has 0 atom stereocenters. The van der Waals surface area contributed by atoms with Crippen LogP contribution in [-0.4, -0.2) is 15.0 Å². The quantitative estimate of drug-likeness (QED) is 0.456. The summed E-state index contributed by atoms with van der Waals surface area (Å²) < 4.78 is 4.30. The Morgan fingerprint density at radius 2 is 1.64 bits per heavy atom. The third kappa shape index (κ3) is 1.92. The summed E-state index contributed by atoms with van der Waals surface area (Å²) >= 11 is 0. The second-order valence-electron chi connectivity index (χ2n) is 4.59. The Morgan fingerprint density at radius 1 is 1.27 bits per heavy atom. The Morgan fingerprint density at radius 3 is 1.73 bits per heavy atom. The van der Waals surface area contributed by atoms with Crippen molar-refractivity contribution in [2.75, 3.05) is 0 Å². The molecule has 0 bridgehead atoms. The van der Waals surface area contributed by atoms with Crippen molar-refractivity contribution in [1.82, 2.24) is 0 Å². The molecular formula is C9H21NSi. The van der Waals surface area contributed by atoms with Gasteiger partial charge < -0.3 is 4.66 Å². The highest BCUT2D eigenvalue weighted by atomic mass is 28.3. The van der Waals surface area contributed by atoms with Crippen LogP contribution in [0.1, 0.15) is 27.7 Å². The monoisotopic (exact) mass is 171 g/mol. The van der Waals surface area contributed by atoms with Crippen molar-refractivity contribution in [2.45, 2.75) is 45.8 Å². The molecule has 0 aliphatic rings. The van der Waals surface area contributed by atoms with Gasteiger partial charge >= 0.3 is 0 Å². The molecule has 0 radical (unpaired) electrons. The molecule has 66 valence electrons. The van der Waals surface area contributed by atoms with Crippen molar-refractivity contribution in [1.29, 1.82) is 0 Å². The van der Waals surface area contributed by atoms with Crippen LogP contribution in [0, 0.1) is 5.92 Å². The van der Waals surface area contributed by atoms with Crippen LogP contribution in [0.2, 0.25) is 18.1 Å². The first-order chi connectivity index (χ1) is 4.75. The number of rotatable bonds is 3. The summed E-state index contributed by atoms with van der Waals surface area (Å²) in [6.07, 6.45) is 0. The van der Waals surface area contributed by atoms with Gasteiger partial charge in [-0.25, -0.2) is 0 Å². The van der Waals surface area contributed by atoms with E-state index < -0.39 is 8.24 Å².